The van der Waals surface area contributed by atoms with Crippen molar-refractivity contribution in [1.82, 2.24) is 4.57 Å². The van der Waals surface area contributed by atoms with Crippen LogP contribution in [0, 0.1) is 0 Å². The minimum atomic E-state index is 0.841. The van der Waals surface area contributed by atoms with Crippen molar-refractivity contribution in [3.63, 3.8) is 0 Å². The van der Waals surface area contributed by atoms with E-state index in [1.54, 1.807) is 0 Å². The van der Waals surface area contributed by atoms with Crippen molar-refractivity contribution in [1.29, 1.82) is 0 Å². The second-order valence-corrected chi connectivity index (χ2v) is 3.09. The fourth-order valence-corrected chi connectivity index (χ4v) is 1.47. The fourth-order valence-electron chi connectivity index (χ4n) is 1.47. The van der Waals surface area contributed by atoms with Gasteiger partial charge < -0.3 is 0 Å². The number of imidazole rings is 1. The van der Waals surface area contributed by atoms with Crippen molar-refractivity contribution in [3.05, 3.63) is 56.2 Å². The lowest BCUT2D eigenvalue weighted by Crippen LogP contribution is -2.36. The summed E-state index contributed by atoms with van der Waals surface area (Å²) < 4.78 is 4.33. The summed E-state index contributed by atoms with van der Waals surface area (Å²) in [7, 11) is 0. The van der Waals surface area contributed by atoms with Crippen molar-refractivity contribution in [2.45, 2.75) is 19.5 Å². The minimum Gasteiger partial charge on any atom is -0.230 e. The molecule has 0 aliphatic rings. The summed E-state index contributed by atoms with van der Waals surface area (Å²) in [5, 5.41) is 0. The van der Waals surface area contributed by atoms with Gasteiger partial charge >= 0.3 is 0 Å². The smallest absolute Gasteiger partial charge is 0.230 e. The second-order valence-electron chi connectivity index (χ2n) is 3.09. The zero-order valence-corrected chi connectivity index (χ0v) is 8.52. The first kappa shape index (κ1) is 10.5. The summed E-state index contributed by atoms with van der Waals surface area (Å²) in [5.74, 6) is 1.24. The molecule has 0 aliphatic heterocycles. The van der Waals surface area contributed by atoms with Gasteiger partial charge in [0, 0.05) is 0 Å². The molecule has 1 aromatic heterocycles. The molecule has 0 atom stereocenters. The summed E-state index contributed by atoms with van der Waals surface area (Å²) in [6.07, 6.45) is 10.7. The largest absolute Gasteiger partial charge is 0.260 e. The monoisotopic (exact) mass is 189 g/mol. The molecule has 0 unspecified atom stereocenters. The molecule has 0 aliphatic carbocycles. The van der Waals surface area contributed by atoms with Gasteiger partial charge in [-0.05, 0) is 0 Å². The average molecular weight is 189 g/mol. The number of hydrogen-bond acceptors (Lipinski definition) is 0. The molecule has 0 amide bonds. The van der Waals surface area contributed by atoms with Crippen LogP contribution < -0.4 is 4.57 Å². The van der Waals surface area contributed by atoms with E-state index in [1.165, 1.54) is 5.82 Å². The number of hydrogen-bond donors (Lipinski definition) is 0. The van der Waals surface area contributed by atoms with Gasteiger partial charge in [0.25, 0.3) is 5.82 Å². The third kappa shape index (κ3) is 2.22. The lowest BCUT2D eigenvalue weighted by Gasteiger charge is -1.98. The van der Waals surface area contributed by atoms with E-state index in [2.05, 4.69) is 41.3 Å². The third-order valence-corrected chi connectivity index (χ3v) is 2.07. The molecular formula is C12H17N2+. The maximum atomic E-state index is 3.76. The SMILES string of the molecule is C=CCc1n(CC=C)cc[n+]1CC=C. The Balaban J connectivity index is 2.98. The van der Waals surface area contributed by atoms with Crippen LogP contribution in [0.5, 0.6) is 0 Å². The maximum absolute atomic E-state index is 3.76. The van der Waals surface area contributed by atoms with Gasteiger partial charge in [-0.1, -0.05) is 31.4 Å². The van der Waals surface area contributed by atoms with Crippen LogP contribution >= 0.6 is 0 Å². The molecule has 0 spiro atoms. The molecule has 2 heteroatoms. The van der Waals surface area contributed by atoms with Crippen LogP contribution in [0.25, 0.3) is 0 Å². The van der Waals surface area contributed by atoms with E-state index in [-0.39, 0.29) is 0 Å². The van der Waals surface area contributed by atoms with Crippen molar-refractivity contribution in [2.75, 3.05) is 0 Å². The van der Waals surface area contributed by atoms with Gasteiger partial charge in [-0.2, -0.15) is 0 Å². The van der Waals surface area contributed by atoms with Crippen LogP contribution in [-0.4, -0.2) is 4.57 Å². The first-order valence-electron chi connectivity index (χ1n) is 4.73. The van der Waals surface area contributed by atoms with Crippen molar-refractivity contribution in [2.24, 2.45) is 0 Å². The van der Waals surface area contributed by atoms with Crippen LogP contribution in [0.2, 0.25) is 0 Å². The van der Waals surface area contributed by atoms with Crippen LogP contribution in [0.15, 0.2) is 50.4 Å². The highest BCUT2D eigenvalue weighted by Crippen LogP contribution is 1.98. The molecule has 0 radical (unpaired) electrons. The summed E-state index contributed by atoms with van der Waals surface area (Å²) in [5.41, 5.74) is 0. The molecule has 1 heterocycles. The van der Waals surface area contributed by atoms with Gasteiger partial charge in [-0.25, -0.2) is 9.13 Å². The Kier molecular flexibility index (Phi) is 3.92. The van der Waals surface area contributed by atoms with Gasteiger partial charge in [0.2, 0.25) is 0 Å². The first-order valence-corrected chi connectivity index (χ1v) is 4.73. The van der Waals surface area contributed by atoms with Crippen LogP contribution in [0.3, 0.4) is 0 Å². The van der Waals surface area contributed by atoms with E-state index >= 15 is 0 Å². The fraction of sp³-hybridized carbons (Fsp3) is 0.250. The van der Waals surface area contributed by atoms with Gasteiger partial charge in [0.1, 0.15) is 25.5 Å². The molecule has 0 fully saturated rings. The van der Waals surface area contributed by atoms with Gasteiger partial charge in [-0.3, -0.25) is 0 Å². The topological polar surface area (TPSA) is 8.81 Å². The summed E-state index contributed by atoms with van der Waals surface area (Å²) in [6, 6.07) is 0. The molecule has 0 saturated carbocycles. The predicted molar refractivity (Wildman–Crippen MR) is 58.9 cm³/mol. The van der Waals surface area contributed by atoms with Gasteiger partial charge in [0.15, 0.2) is 0 Å². The van der Waals surface area contributed by atoms with Gasteiger partial charge in [-0.15, -0.1) is 6.58 Å². The molecule has 14 heavy (non-hydrogen) atoms. The standard InChI is InChI=1S/C12H17N2/c1-4-7-12-13(8-5-2)10-11-14(12)9-6-3/h4-6,10-11H,1-3,7-9H2/q+1. The Bertz CT molecular complexity index is 307. The van der Waals surface area contributed by atoms with E-state index in [4.69, 9.17) is 0 Å². The number of aromatic nitrogens is 2. The molecule has 0 bridgehead atoms. The molecule has 1 rings (SSSR count). The lowest BCUT2D eigenvalue weighted by molar-refractivity contribution is -0.693. The van der Waals surface area contributed by atoms with Crippen LogP contribution in [0.4, 0.5) is 0 Å². The number of nitrogens with zero attached hydrogens (tertiary/aromatic N) is 2. The molecule has 1 aromatic rings. The van der Waals surface area contributed by atoms with Crippen molar-refractivity contribution >= 4 is 0 Å². The quantitative estimate of drug-likeness (QED) is 0.477. The summed E-state index contributed by atoms with van der Waals surface area (Å²) in [4.78, 5) is 0. The van der Waals surface area contributed by atoms with E-state index in [1.807, 2.05) is 18.2 Å². The molecule has 0 aromatic carbocycles. The molecule has 74 valence electrons. The average Bonchev–Trinajstić information content (AvgIpc) is 2.52. The Labute approximate surface area is 85.5 Å². The van der Waals surface area contributed by atoms with E-state index in [0.29, 0.717) is 0 Å². The number of rotatable bonds is 6. The molecule has 2 nitrogen and oxygen atoms in total. The zero-order chi connectivity index (χ0) is 10.4. The normalized spacial score (nSPS) is 9.71. The minimum absolute atomic E-state index is 0.841. The second kappa shape index (κ2) is 5.22. The van der Waals surface area contributed by atoms with Crippen LogP contribution in [-0.2, 0) is 19.5 Å². The van der Waals surface area contributed by atoms with E-state index in [0.717, 1.165) is 19.5 Å². The Hall–Kier alpha value is -1.57. The molecule has 0 N–H and O–H groups in total. The Morgan fingerprint density at radius 1 is 1.21 bits per heavy atom. The van der Waals surface area contributed by atoms with Crippen molar-refractivity contribution < 1.29 is 4.57 Å². The third-order valence-electron chi connectivity index (χ3n) is 2.07. The van der Waals surface area contributed by atoms with Crippen molar-refractivity contribution in [3.8, 4) is 0 Å². The summed E-state index contributed by atoms with van der Waals surface area (Å²) in [6.45, 7) is 12.9. The van der Waals surface area contributed by atoms with Crippen LogP contribution in [0.1, 0.15) is 5.82 Å². The predicted octanol–water partition coefficient (Wildman–Crippen LogP) is 1.88. The lowest BCUT2D eigenvalue weighted by atomic mass is 10.4. The summed E-state index contributed by atoms with van der Waals surface area (Å²) >= 11 is 0. The Morgan fingerprint density at radius 2 is 2.00 bits per heavy atom. The maximum Gasteiger partial charge on any atom is 0.260 e. The number of allylic oxidation sites excluding steroid dienone is 3. The molecular weight excluding hydrogens is 172 g/mol. The highest BCUT2D eigenvalue weighted by atomic mass is 15.1. The Morgan fingerprint density at radius 3 is 2.57 bits per heavy atom. The highest BCUT2D eigenvalue weighted by Gasteiger charge is 2.12. The van der Waals surface area contributed by atoms with Gasteiger partial charge in [0.05, 0.1) is 6.42 Å². The first-order chi connectivity index (χ1) is 6.83. The zero-order valence-electron chi connectivity index (χ0n) is 8.52. The van der Waals surface area contributed by atoms with E-state index < -0.39 is 0 Å². The van der Waals surface area contributed by atoms with E-state index in [9.17, 15) is 0 Å². The highest BCUT2D eigenvalue weighted by molar-refractivity contribution is 4.92. The molecule has 0 saturated heterocycles.